The van der Waals surface area contributed by atoms with Crippen molar-refractivity contribution >= 4 is 12.0 Å². The van der Waals surface area contributed by atoms with Gasteiger partial charge in [0.05, 0.1) is 5.57 Å². The van der Waals surface area contributed by atoms with Crippen LogP contribution in [0, 0.1) is 6.90 Å². The van der Waals surface area contributed by atoms with Gasteiger partial charge in [0.25, 0.3) is 0 Å². The molecule has 1 unspecified atom stereocenters. The number of aliphatic carboxylic acids is 1. The number of halogens is 3. The molecule has 0 spiro atoms. The van der Waals surface area contributed by atoms with Crippen molar-refractivity contribution in [1.82, 2.24) is 0 Å². The minimum Gasteiger partial charge on any atom is -0.478 e. The molecule has 0 saturated carbocycles. The van der Waals surface area contributed by atoms with E-state index in [0.29, 0.717) is 5.56 Å². The summed E-state index contributed by atoms with van der Waals surface area (Å²) >= 11 is 0. The molecule has 2 rings (SSSR count). The van der Waals surface area contributed by atoms with E-state index in [2.05, 4.69) is 0 Å². The van der Waals surface area contributed by atoms with E-state index in [9.17, 15) is 18.0 Å². The Morgan fingerprint density at radius 1 is 1.50 bits per heavy atom. The summed E-state index contributed by atoms with van der Waals surface area (Å²) in [5.41, 5.74) is -0.0569. The first kappa shape index (κ1) is 11.1. The number of carbonyl (C=O) groups is 1. The smallest absolute Gasteiger partial charge is 0.430 e. The Balaban J connectivity index is 2.51. The van der Waals surface area contributed by atoms with E-state index in [-0.39, 0.29) is 18.2 Å². The Labute approximate surface area is 102 Å². The molecule has 1 aromatic carbocycles. The Morgan fingerprint density at radius 3 is 2.78 bits per heavy atom. The minimum atomic E-state index is -4.80. The fraction of sp³-hybridized carbons (Fsp3) is 0.250. The summed E-state index contributed by atoms with van der Waals surface area (Å²) in [6, 6.07) is 4.23. The zero-order chi connectivity index (χ0) is 14.2. The van der Waals surface area contributed by atoms with Gasteiger partial charge in [-0.25, -0.2) is 4.79 Å². The molecule has 1 aromatic rings. The number of hydrogen-bond acceptors (Lipinski definition) is 2. The number of hydrogen-bond donors (Lipinski definition) is 1. The number of alkyl halides is 3. The van der Waals surface area contributed by atoms with Gasteiger partial charge in [-0.3, -0.25) is 0 Å². The average Bonchev–Trinajstić information content (AvgIpc) is 2.35. The third kappa shape index (κ3) is 2.18. The van der Waals surface area contributed by atoms with E-state index < -0.39 is 23.8 Å². The number of carboxylic acid groups (broad SMARTS) is 1. The Bertz CT molecular complexity index is 552. The van der Waals surface area contributed by atoms with Crippen molar-refractivity contribution in [2.75, 3.05) is 0 Å². The molecule has 1 heterocycles. The van der Waals surface area contributed by atoms with Crippen molar-refractivity contribution < 1.29 is 29.2 Å². The van der Waals surface area contributed by atoms with Gasteiger partial charge in [-0.05, 0) is 25.1 Å². The van der Waals surface area contributed by atoms with Gasteiger partial charge in [-0.1, -0.05) is 11.6 Å². The first-order valence-corrected chi connectivity index (χ1v) is 4.93. The first-order valence-electron chi connectivity index (χ1n) is 5.64. The second-order valence-corrected chi connectivity index (χ2v) is 3.82. The largest absolute Gasteiger partial charge is 0.478 e. The number of fused-ring (bicyclic) bond motifs is 1. The highest BCUT2D eigenvalue weighted by Crippen LogP contribution is 2.37. The molecule has 0 radical (unpaired) electrons. The Morgan fingerprint density at radius 2 is 2.22 bits per heavy atom. The summed E-state index contributed by atoms with van der Waals surface area (Å²) < 4.78 is 50.1. The second-order valence-electron chi connectivity index (χ2n) is 3.82. The van der Waals surface area contributed by atoms with Crippen LogP contribution in [0.15, 0.2) is 23.8 Å². The fourth-order valence-electron chi connectivity index (χ4n) is 1.67. The van der Waals surface area contributed by atoms with Crippen LogP contribution in [0.5, 0.6) is 5.75 Å². The van der Waals surface area contributed by atoms with Gasteiger partial charge in [0.2, 0.25) is 6.10 Å². The summed E-state index contributed by atoms with van der Waals surface area (Å²) in [5.74, 6) is -1.71. The average molecular weight is 259 g/mol. The van der Waals surface area contributed by atoms with Crippen LogP contribution in [-0.2, 0) is 4.79 Å². The normalized spacial score (nSPS) is 19.4. The van der Waals surface area contributed by atoms with Crippen molar-refractivity contribution in [3.63, 3.8) is 0 Å². The quantitative estimate of drug-likeness (QED) is 0.843. The van der Waals surface area contributed by atoms with Crippen LogP contribution < -0.4 is 4.74 Å². The van der Waals surface area contributed by atoms with Crippen LogP contribution in [0.2, 0.25) is 0 Å². The highest BCUT2D eigenvalue weighted by Gasteiger charge is 2.48. The second kappa shape index (κ2) is 4.04. The van der Waals surface area contributed by atoms with E-state index >= 15 is 0 Å². The maximum Gasteiger partial charge on any atom is 0.430 e. The molecular weight excluding hydrogens is 249 g/mol. The van der Waals surface area contributed by atoms with Crippen LogP contribution >= 0.6 is 0 Å². The highest BCUT2D eigenvalue weighted by molar-refractivity contribution is 5.95. The molecule has 18 heavy (non-hydrogen) atoms. The molecule has 1 atom stereocenters. The zero-order valence-electron chi connectivity index (χ0n) is 9.99. The Hall–Kier alpha value is -1.98. The van der Waals surface area contributed by atoms with Gasteiger partial charge in [0, 0.05) is 6.93 Å². The standard InChI is InChI=1S/C12H9F3O3/c1-6-2-3-9-7(4-6)5-8(11(16)17)10(18-9)12(13,14)15/h2-5,10H,1H3,(H,16,17)/i1D. The highest BCUT2D eigenvalue weighted by atomic mass is 19.4. The lowest BCUT2D eigenvalue weighted by Crippen LogP contribution is -2.40. The van der Waals surface area contributed by atoms with Crippen LogP contribution in [0.3, 0.4) is 0 Å². The molecule has 0 fully saturated rings. The molecule has 0 bridgehead atoms. The van der Waals surface area contributed by atoms with Gasteiger partial charge in [0.1, 0.15) is 5.75 Å². The van der Waals surface area contributed by atoms with E-state index in [1.807, 2.05) is 0 Å². The van der Waals surface area contributed by atoms with E-state index in [1.54, 1.807) is 0 Å². The van der Waals surface area contributed by atoms with Gasteiger partial charge >= 0.3 is 12.1 Å². The van der Waals surface area contributed by atoms with Crippen molar-refractivity contribution in [2.45, 2.75) is 19.2 Å². The van der Waals surface area contributed by atoms with Crippen molar-refractivity contribution in [3.05, 3.63) is 34.9 Å². The maximum absolute atomic E-state index is 12.7. The number of benzene rings is 1. The third-order valence-electron chi connectivity index (χ3n) is 2.46. The molecule has 1 aliphatic heterocycles. The molecule has 96 valence electrons. The lowest BCUT2D eigenvalue weighted by Gasteiger charge is -2.27. The van der Waals surface area contributed by atoms with E-state index in [0.717, 1.165) is 6.08 Å². The monoisotopic (exact) mass is 259 g/mol. The van der Waals surface area contributed by atoms with Crippen LogP contribution in [0.4, 0.5) is 13.2 Å². The predicted octanol–water partition coefficient (Wildman–Crippen LogP) is 2.79. The molecular formula is C12H9F3O3. The fourth-order valence-corrected chi connectivity index (χ4v) is 1.67. The number of ether oxygens (including phenoxy) is 1. The van der Waals surface area contributed by atoms with Crippen molar-refractivity contribution in [3.8, 4) is 5.75 Å². The van der Waals surface area contributed by atoms with Crippen molar-refractivity contribution in [2.24, 2.45) is 0 Å². The lowest BCUT2D eigenvalue weighted by molar-refractivity contribution is -0.187. The summed E-state index contributed by atoms with van der Waals surface area (Å²) in [5, 5.41) is 8.84. The molecule has 1 aliphatic rings. The van der Waals surface area contributed by atoms with E-state index in [1.165, 1.54) is 18.2 Å². The topological polar surface area (TPSA) is 46.5 Å². The molecule has 0 saturated heterocycles. The Kier molecular flexibility index (Phi) is 2.50. The van der Waals surface area contributed by atoms with Gasteiger partial charge in [-0.15, -0.1) is 0 Å². The van der Waals surface area contributed by atoms with Crippen LogP contribution in [0.25, 0.3) is 6.08 Å². The molecule has 3 nitrogen and oxygen atoms in total. The summed E-state index contributed by atoms with van der Waals surface area (Å²) in [6.45, 7) is -0.0494. The van der Waals surface area contributed by atoms with Crippen molar-refractivity contribution in [1.29, 1.82) is 0 Å². The summed E-state index contributed by atoms with van der Waals surface area (Å²) in [4.78, 5) is 10.9. The van der Waals surface area contributed by atoms with Crippen LogP contribution in [0.1, 0.15) is 12.5 Å². The van der Waals surface area contributed by atoms with Gasteiger partial charge in [-0.2, -0.15) is 13.2 Å². The molecule has 1 N–H and O–H groups in total. The third-order valence-corrected chi connectivity index (χ3v) is 2.46. The van der Waals surface area contributed by atoms with Crippen LogP contribution in [-0.4, -0.2) is 23.4 Å². The molecule has 0 aromatic heterocycles. The molecule has 0 amide bonds. The van der Waals surface area contributed by atoms with Gasteiger partial charge < -0.3 is 9.84 Å². The summed E-state index contributed by atoms with van der Waals surface area (Å²) in [6.07, 6.45) is -6.33. The lowest BCUT2D eigenvalue weighted by atomic mass is 10.00. The minimum absolute atomic E-state index is 0.0375. The SMILES string of the molecule is [2H]Cc1ccc2c(c1)C=C(C(=O)O)C(C(F)(F)F)O2. The maximum atomic E-state index is 12.7. The first-order chi connectivity index (χ1) is 8.82. The van der Waals surface area contributed by atoms with E-state index in [4.69, 9.17) is 11.2 Å². The number of rotatable bonds is 1. The number of carboxylic acids is 1. The molecule has 6 heteroatoms. The van der Waals surface area contributed by atoms with Gasteiger partial charge in [0.15, 0.2) is 0 Å². The predicted molar refractivity (Wildman–Crippen MR) is 57.3 cm³/mol. The molecule has 0 aliphatic carbocycles. The number of aryl methyl sites for hydroxylation is 1. The summed E-state index contributed by atoms with van der Waals surface area (Å²) in [7, 11) is 0. The zero-order valence-corrected chi connectivity index (χ0v) is 8.99.